The SMILES string of the molecule is C.CC(C)NCC(O)COc1ccc(CC(N)=O)cc1. The normalized spacial score (nSPS) is 11.8. The first-order valence-electron chi connectivity index (χ1n) is 6.39. The first-order valence-corrected chi connectivity index (χ1v) is 6.39. The fourth-order valence-corrected chi connectivity index (χ4v) is 1.53. The molecule has 1 rings (SSSR count). The molecule has 1 aromatic carbocycles. The van der Waals surface area contributed by atoms with Crippen molar-refractivity contribution in [3.63, 3.8) is 0 Å². The number of hydrogen-bond donors (Lipinski definition) is 3. The second kappa shape index (κ2) is 9.34. The number of nitrogens with two attached hydrogens (primary N) is 1. The summed E-state index contributed by atoms with van der Waals surface area (Å²) in [5, 5.41) is 12.8. The maximum absolute atomic E-state index is 10.7. The van der Waals surface area contributed by atoms with E-state index in [-0.39, 0.29) is 26.4 Å². The number of amides is 1. The standard InChI is InChI=1S/C14H22N2O3.CH4/c1-10(2)16-8-12(17)9-19-13-5-3-11(4-6-13)7-14(15)18;/h3-6,10,12,16-17H,7-9H2,1-2H3,(H2,15,18);1H4. The molecule has 20 heavy (non-hydrogen) atoms. The van der Waals surface area contributed by atoms with Crippen molar-refractivity contribution in [2.24, 2.45) is 5.73 Å². The molecule has 5 nitrogen and oxygen atoms in total. The van der Waals surface area contributed by atoms with Crippen molar-refractivity contribution in [3.8, 4) is 5.75 Å². The van der Waals surface area contributed by atoms with Gasteiger partial charge in [0.15, 0.2) is 0 Å². The number of carbonyl (C=O) groups is 1. The van der Waals surface area contributed by atoms with E-state index < -0.39 is 6.10 Å². The lowest BCUT2D eigenvalue weighted by Gasteiger charge is -2.15. The van der Waals surface area contributed by atoms with E-state index in [1.807, 2.05) is 13.8 Å². The molecule has 5 heteroatoms. The Bertz CT molecular complexity index is 391. The molecule has 4 N–H and O–H groups in total. The average Bonchev–Trinajstić information content (AvgIpc) is 2.35. The van der Waals surface area contributed by atoms with E-state index in [2.05, 4.69) is 5.32 Å². The molecule has 114 valence electrons. The minimum atomic E-state index is -0.548. The van der Waals surface area contributed by atoms with Crippen molar-refractivity contribution in [3.05, 3.63) is 29.8 Å². The predicted octanol–water partition coefficient (Wildman–Crippen LogP) is 1.09. The third-order valence-corrected chi connectivity index (χ3v) is 2.51. The Hall–Kier alpha value is -1.59. The first-order chi connectivity index (χ1) is 8.97. The summed E-state index contributed by atoms with van der Waals surface area (Å²) in [6.07, 6.45) is -0.325. The van der Waals surface area contributed by atoms with Crippen LogP contribution in [0.2, 0.25) is 0 Å². The van der Waals surface area contributed by atoms with Gasteiger partial charge in [0.05, 0.1) is 6.42 Å². The van der Waals surface area contributed by atoms with Crippen LogP contribution in [0, 0.1) is 0 Å². The first kappa shape index (κ1) is 18.4. The van der Waals surface area contributed by atoms with E-state index >= 15 is 0 Å². The predicted molar refractivity (Wildman–Crippen MR) is 80.7 cm³/mol. The molecule has 0 aliphatic heterocycles. The van der Waals surface area contributed by atoms with Crippen LogP contribution in [0.25, 0.3) is 0 Å². The Labute approximate surface area is 121 Å². The van der Waals surface area contributed by atoms with Crippen LogP contribution in [-0.4, -0.2) is 36.3 Å². The van der Waals surface area contributed by atoms with Crippen LogP contribution in [0.5, 0.6) is 5.75 Å². The molecule has 1 amide bonds. The summed E-state index contributed by atoms with van der Waals surface area (Å²) in [5.41, 5.74) is 5.96. The summed E-state index contributed by atoms with van der Waals surface area (Å²) >= 11 is 0. The molecule has 1 atom stereocenters. The topological polar surface area (TPSA) is 84.6 Å². The molecule has 0 spiro atoms. The number of carbonyl (C=O) groups excluding carboxylic acids is 1. The van der Waals surface area contributed by atoms with Gasteiger partial charge in [-0.15, -0.1) is 0 Å². The highest BCUT2D eigenvalue weighted by molar-refractivity contribution is 5.76. The molecular weight excluding hydrogens is 256 g/mol. The third-order valence-electron chi connectivity index (χ3n) is 2.51. The monoisotopic (exact) mass is 282 g/mol. The minimum absolute atomic E-state index is 0. The number of hydrogen-bond acceptors (Lipinski definition) is 4. The molecule has 0 radical (unpaired) electrons. The molecule has 0 aliphatic carbocycles. The number of aliphatic hydroxyl groups is 1. The van der Waals surface area contributed by atoms with Crippen LogP contribution in [0.4, 0.5) is 0 Å². The van der Waals surface area contributed by atoms with Crippen LogP contribution in [0.1, 0.15) is 26.8 Å². The molecule has 0 fully saturated rings. The van der Waals surface area contributed by atoms with Crippen molar-refractivity contribution in [2.75, 3.05) is 13.2 Å². The summed E-state index contributed by atoms with van der Waals surface area (Å²) in [5.74, 6) is 0.306. The van der Waals surface area contributed by atoms with Gasteiger partial charge in [-0.05, 0) is 17.7 Å². The number of nitrogens with one attached hydrogen (secondary N) is 1. The molecule has 1 aromatic rings. The molecule has 0 aromatic heterocycles. The van der Waals surface area contributed by atoms with Crippen molar-refractivity contribution >= 4 is 5.91 Å². The van der Waals surface area contributed by atoms with Crippen molar-refractivity contribution in [1.29, 1.82) is 0 Å². The highest BCUT2D eigenvalue weighted by atomic mass is 16.5. The summed E-state index contributed by atoms with van der Waals surface area (Å²) in [7, 11) is 0. The number of benzene rings is 1. The Morgan fingerprint density at radius 2 is 1.95 bits per heavy atom. The van der Waals surface area contributed by atoms with Crippen molar-refractivity contribution < 1.29 is 14.6 Å². The summed E-state index contributed by atoms with van der Waals surface area (Å²) in [6, 6.07) is 7.45. The number of ether oxygens (including phenoxy) is 1. The smallest absolute Gasteiger partial charge is 0.221 e. The maximum Gasteiger partial charge on any atom is 0.221 e. The van der Waals surface area contributed by atoms with Crippen LogP contribution in [0.3, 0.4) is 0 Å². The van der Waals surface area contributed by atoms with Gasteiger partial charge in [-0.3, -0.25) is 4.79 Å². The average molecular weight is 282 g/mol. The van der Waals surface area contributed by atoms with Gasteiger partial charge < -0.3 is 20.9 Å². The number of rotatable bonds is 8. The zero-order valence-corrected chi connectivity index (χ0v) is 11.4. The molecule has 1 unspecified atom stereocenters. The van der Waals surface area contributed by atoms with Gasteiger partial charge in [0.25, 0.3) is 0 Å². The van der Waals surface area contributed by atoms with Crippen LogP contribution in [-0.2, 0) is 11.2 Å². The zero-order chi connectivity index (χ0) is 14.3. The lowest BCUT2D eigenvalue weighted by molar-refractivity contribution is -0.117. The molecule has 0 saturated heterocycles. The fourth-order valence-electron chi connectivity index (χ4n) is 1.53. The zero-order valence-electron chi connectivity index (χ0n) is 11.4. The third kappa shape index (κ3) is 7.76. The van der Waals surface area contributed by atoms with Gasteiger partial charge in [-0.2, -0.15) is 0 Å². The Morgan fingerprint density at radius 1 is 1.35 bits per heavy atom. The highest BCUT2D eigenvalue weighted by Crippen LogP contribution is 2.12. The lowest BCUT2D eigenvalue weighted by Crippen LogP contribution is -2.35. The second-order valence-corrected chi connectivity index (χ2v) is 4.81. The number of primary amides is 1. The molecular formula is C15H26N2O3. The van der Waals surface area contributed by atoms with Gasteiger partial charge in [0.1, 0.15) is 18.5 Å². The van der Waals surface area contributed by atoms with Gasteiger partial charge in [0.2, 0.25) is 5.91 Å². The van der Waals surface area contributed by atoms with Crippen LogP contribution in [0.15, 0.2) is 24.3 Å². The molecule has 0 bridgehead atoms. The van der Waals surface area contributed by atoms with Crippen LogP contribution < -0.4 is 15.8 Å². The van der Waals surface area contributed by atoms with E-state index in [4.69, 9.17) is 10.5 Å². The molecule has 0 aliphatic rings. The van der Waals surface area contributed by atoms with Gasteiger partial charge in [-0.25, -0.2) is 0 Å². The summed E-state index contributed by atoms with van der Waals surface area (Å²) in [4.78, 5) is 10.7. The van der Waals surface area contributed by atoms with E-state index in [1.54, 1.807) is 24.3 Å². The maximum atomic E-state index is 10.7. The lowest BCUT2D eigenvalue weighted by atomic mass is 10.1. The van der Waals surface area contributed by atoms with E-state index in [9.17, 15) is 9.90 Å². The van der Waals surface area contributed by atoms with E-state index in [0.717, 1.165) is 5.56 Å². The minimum Gasteiger partial charge on any atom is -0.491 e. The largest absolute Gasteiger partial charge is 0.491 e. The molecule has 0 heterocycles. The quantitative estimate of drug-likeness (QED) is 0.666. The second-order valence-electron chi connectivity index (χ2n) is 4.81. The van der Waals surface area contributed by atoms with Crippen molar-refractivity contribution in [1.82, 2.24) is 5.32 Å². The summed E-state index contributed by atoms with van der Waals surface area (Å²) in [6.45, 7) is 4.77. The van der Waals surface area contributed by atoms with E-state index in [1.165, 1.54) is 0 Å². The molecule has 0 saturated carbocycles. The summed E-state index contributed by atoms with van der Waals surface area (Å²) < 4.78 is 5.45. The van der Waals surface area contributed by atoms with Gasteiger partial charge >= 0.3 is 0 Å². The Balaban J connectivity index is 0.00000361. The fraction of sp³-hybridized carbons (Fsp3) is 0.533. The van der Waals surface area contributed by atoms with Gasteiger partial charge in [-0.1, -0.05) is 33.4 Å². The number of aliphatic hydroxyl groups excluding tert-OH is 1. The van der Waals surface area contributed by atoms with Gasteiger partial charge in [0, 0.05) is 12.6 Å². The van der Waals surface area contributed by atoms with E-state index in [0.29, 0.717) is 18.3 Å². The van der Waals surface area contributed by atoms with Crippen LogP contribution >= 0.6 is 0 Å². The Kier molecular flexibility index (Phi) is 8.59. The van der Waals surface area contributed by atoms with Crippen molar-refractivity contribution in [2.45, 2.75) is 39.8 Å². The Morgan fingerprint density at radius 3 is 2.45 bits per heavy atom. The highest BCUT2D eigenvalue weighted by Gasteiger charge is 2.06.